The number of nitrogens with one attached hydrogen (secondary N) is 2. The zero-order chi connectivity index (χ0) is 9.40. The van der Waals surface area contributed by atoms with E-state index in [0.29, 0.717) is 0 Å². The molecule has 2 N–H and O–H groups in total. The lowest BCUT2D eigenvalue weighted by atomic mass is 10.6. The van der Waals surface area contributed by atoms with Crippen LogP contribution in [0, 0.1) is 0 Å². The van der Waals surface area contributed by atoms with Crippen molar-refractivity contribution in [3.8, 4) is 0 Å². The quantitative estimate of drug-likeness (QED) is 0.468. The SMILES string of the molecule is C=COC(C)NC(=O)NCOC. The number of ether oxygens (including phenoxy) is 2. The van der Waals surface area contributed by atoms with Gasteiger partial charge in [0.05, 0.1) is 6.26 Å². The van der Waals surface area contributed by atoms with Gasteiger partial charge < -0.3 is 20.1 Å². The third kappa shape index (κ3) is 5.55. The van der Waals surface area contributed by atoms with Crippen molar-refractivity contribution in [3.63, 3.8) is 0 Å². The van der Waals surface area contributed by atoms with E-state index in [-0.39, 0.29) is 19.0 Å². The van der Waals surface area contributed by atoms with E-state index in [1.807, 2.05) is 0 Å². The molecule has 1 unspecified atom stereocenters. The maximum atomic E-state index is 10.9. The monoisotopic (exact) mass is 174 g/mol. The summed E-state index contributed by atoms with van der Waals surface area (Å²) in [7, 11) is 1.49. The van der Waals surface area contributed by atoms with Crippen LogP contribution in [0.1, 0.15) is 6.92 Å². The molecular formula is C7H14N2O3. The molecule has 5 nitrogen and oxygen atoms in total. The van der Waals surface area contributed by atoms with Gasteiger partial charge in [0.1, 0.15) is 6.73 Å². The van der Waals surface area contributed by atoms with Crippen molar-refractivity contribution in [2.24, 2.45) is 0 Å². The zero-order valence-electron chi connectivity index (χ0n) is 7.29. The summed E-state index contributed by atoms with van der Waals surface area (Å²) < 4.78 is 9.46. The lowest BCUT2D eigenvalue weighted by Gasteiger charge is -2.13. The number of amides is 2. The number of hydrogen-bond donors (Lipinski definition) is 2. The van der Waals surface area contributed by atoms with Gasteiger partial charge in [-0.1, -0.05) is 6.58 Å². The summed E-state index contributed by atoms with van der Waals surface area (Å²) in [6.45, 7) is 5.21. The van der Waals surface area contributed by atoms with Gasteiger partial charge in [-0.2, -0.15) is 0 Å². The highest BCUT2D eigenvalue weighted by molar-refractivity contribution is 5.73. The van der Waals surface area contributed by atoms with Crippen LogP contribution in [0.15, 0.2) is 12.8 Å². The Morgan fingerprint density at radius 2 is 2.42 bits per heavy atom. The molecule has 12 heavy (non-hydrogen) atoms. The molecule has 5 heteroatoms. The first-order chi connectivity index (χ1) is 5.70. The van der Waals surface area contributed by atoms with Crippen LogP contribution in [0.25, 0.3) is 0 Å². The summed E-state index contributed by atoms with van der Waals surface area (Å²) in [5.74, 6) is 0. The molecule has 2 amide bonds. The molecule has 0 rings (SSSR count). The fourth-order valence-electron chi connectivity index (χ4n) is 0.552. The summed E-state index contributed by atoms with van der Waals surface area (Å²) in [6.07, 6.45) is 0.876. The van der Waals surface area contributed by atoms with E-state index in [4.69, 9.17) is 4.74 Å². The maximum absolute atomic E-state index is 10.9. The minimum absolute atomic E-state index is 0.173. The Hall–Kier alpha value is -1.23. The Bertz CT molecular complexity index is 150. The number of carbonyl (C=O) groups excluding carboxylic acids is 1. The Morgan fingerprint density at radius 1 is 1.75 bits per heavy atom. The predicted octanol–water partition coefficient (Wildman–Crippen LogP) is 0.396. The fourth-order valence-corrected chi connectivity index (χ4v) is 0.552. The van der Waals surface area contributed by atoms with Gasteiger partial charge in [0.2, 0.25) is 0 Å². The minimum atomic E-state index is -0.389. The molecule has 70 valence electrons. The van der Waals surface area contributed by atoms with Crippen LogP contribution < -0.4 is 10.6 Å². The van der Waals surface area contributed by atoms with Crippen LogP contribution >= 0.6 is 0 Å². The fraction of sp³-hybridized carbons (Fsp3) is 0.571. The minimum Gasteiger partial charge on any atom is -0.479 e. The second-order valence-electron chi connectivity index (χ2n) is 2.03. The maximum Gasteiger partial charge on any atom is 0.319 e. The van der Waals surface area contributed by atoms with Gasteiger partial charge in [0.25, 0.3) is 0 Å². The Morgan fingerprint density at radius 3 is 2.92 bits per heavy atom. The molecule has 0 aromatic rings. The van der Waals surface area contributed by atoms with Gasteiger partial charge in [-0.15, -0.1) is 0 Å². The van der Waals surface area contributed by atoms with Gasteiger partial charge >= 0.3 is 6.03 Å². The van der Waals surface area contributed by atoms with Crippen LogP contribution in [0.2, 0.25) is 0 Å². The first kappa shape index (κ1) is 10.8. The van der Waals surface area contributed by atoms with Gasteiger partial charge in [0.15, 0.2) is 6.23 Å². The molecule has 0 radical (unpaired) electrons. The van der Waals surface area contributed by atoms with E-state index in [1.165, 1.54) is 13.4 Å². The van der Waals surface area contributed by atoms with Crippen molar-refractivity contribution in [1.29, 1.82) is 0 Å². The van der Waals surface area contributed by atoms with Crippen LogP contribution in [-0.2, 0) is 9.47 Å². The van der Waals surface area contributed by atoms with E-state index >= 15 is 0 Å². The number of methoxy groups -OCH3 is 1. The Balaban J connectivity index is 3.46. The van der Waals surface area contributed by atoms with E-state index in [9.17, 15) is 4.79 Å². The summed E-state index contributed by atoms with van der Waals surface area (Å²) >= 11 is 0. The molecule has 0 aromatic carbocycles. The highest BCUT2D eigenvalue weighted by atomic mass is 16.5. The van der Waals surface area contributed by atoms with Crippen molar-refractivity contribution in [1.82, 2.24) is 10.6 Å². The second kappa shape index (κ2) is 6.48. The van der Waals surface area contributed by atoms with E-state index in [1.54, 1.807) is 6.92 Å². The number of urea groups is 1. The number of carbonyl (C=O) groups is 1. The number of hydrogen-bond acceptors (Lipinski definition) is 3. The first-order valence-corrected chi connectivity index (χ1v) is 3.50. The van der Waals surface area contributed by atoms with E-state index in [2.05, 4.69) is 21.9 Å². The predicted molar refractivity (Wildman–Crippen MR) is 44.3 cm³/mol. The van der Waals surface area contributed by atoms with Crippen LogP contribution in [0.5, 0.6) is 0 Å². The summed E-state index contributed by atoms with van der Waals surface area (Å²) in [5, 5.41) is 4.93. The van der Waals surface area contributed by atoms with Crippen molar-refractivity contribution < 1.29 is 14.3 Å². The van der Waals surface area contributed by atoms with Crippen molar-refractivity contribution in [2.45, 2.75) is 13.2 Å². The van der Waals surface area contributed by atoms with Gasteiger partial charge in [-0.25, -0.2) is 4.79 Å². The molecule has 0 spiro atoms. The lowest BCUT2D eigenvalue weighted by molar-refractivity contribution is 0.126. The standard InChI is InChI=1S/C7H14N2O3/c1-4-12-6(2)9-7(10)8-5-11-3/h4,6H,1,5H2,2-3H3,(H2,8,9,10). The molecule has 0 aromatic heterocycles. The van der Waals surface area contributed by atoms with Gasteiger partial charge in [-0.05, 0) is 6.92 Å². The van der Waals surface area contributed by atoms with E-state index in [0.717, 1.165) is 0 Å². The van der Waals surface area contributed by atoms with Crippen molar-refractivity contribution >= 4 is 6.03 Å². The van der Waals surface area contributed by atoms with Crippen molar-refractivity contribution in [2.75, 3.05) is 13.8 Å². The van der Waals surface area contributed by atoms with Crippen LogP contribution in [0.4, 0.5) is 4.79 Å². The molecule has 0 aliphatic rings. The molecule has 0 saturated carbocycles. The molecule has 0 saturated heterocycles. The van der Waals surface area contributed by atoms with Crippen LogP contribution in [-0.4, -0.2) is 26.1 Å². The van der Waals surface area contributed by atoms with Crippen LogP contribution in [0.3, 0.4) is 0 Å². The molecule has 1 atom stereocenters. The first-order valence-electron chi connectivity index (χ1n) is 3.50. The summed E-state index contributed by atoms with van der Waals surface area (Å²) in [6, 6.07) is -0.341. The molecule has 0 heterocycles. The van der Waals surface area contributed by atoms with Crippen molar-refractivity contribution in [3.05, 3.63) is 12.8 Å². The zero-order valence-corrected chi connectivity index (χ0v) is 7.29. The highest BCUT2D eigenvalue weighted by Gasteiger charge is 2.03. The summed E-state index contributed by atoms with van der Waals surface area (Å²) in [5.41, 5.74) is 0. The van der Waals surface area contributed by atoms with E-state index < -0.39 is 0 Å². The average molecular weight is 174 g/mol. The molecule has 0 bridgehead atoms. The topological polar surface area (TPSA) is 59.6 Å². The molecule has 0 aliphatic carbocycles. The molecular weight excluding hydrogens is 160 g/mol. The Labute approximate surface area is 71.7 Å². The summed E-state index contributed by atoms with van der Waals surface area (Å²) in [4.78, 5) is 10.9. The largest absolute Gasteiger partial charge is 0.479 e. The smallest absolute Gasteiger partial charge is 0.319 e. The Kier molecular flexibility index (Phi) is 5.81. The van der Waals surface area contributed by atoms with Gasteiger partial charge in [-0.3, -0.25) is 0 Å². The average Bonchev–Trinajstić information content (AvgIpc) is 2.01. The molecule has 0 fully saturated rings. The lowest BCUT2D eigenvalue weighted by Crippen LogP contribution is -2.41. The molecule has 0 aliphatic heterocycles. The third-order valence-electron chi connectivity index (χ3n) is 1.01. The number of rotatable bonds is 5. The third-order valence-corrected chi connectivity index (χ3v) is 1.01. The second-order valence-corrected chi connectivity index (χ2v) is 2.03. The van der Waals surface area contributed by atoms with Gasteiger partial charge in [0, 0.05) is 7.11 Å². The highest BCUT2D eigenvalue weighted by Crippen LogP contribution is 1.84. The normalized spacial score (nSPS) is 11.5.